The van der Waals surface area contributed by atoms with Crippen molar-refractivity contribution in [3.8, 4) is 0 Å². The van der Waals surface area contributed by atoms with Gasteiger partial charge in [-0.25, -0.2) is 4.79 Å². The number of rotatable bonds is 15. The van der Waals surface area contributed by atoms with Gasteiger partial charge in [-0.15, -0.1) is 0 Å². The molecule has 0 spiro atoms. The average molecular weight is 866 g/mol. The van der Waals surface area contributed by atoms with E-state index < -0.39 is 102 Å². The largest absolute Gasteiger partial charge is 0.460 e. The number of alkyl halides is 29. The molecule has 0 bridgehead atoms. The maximum absolute atomic E-state index is 14.5. The Hall–Kier alpha value is -2.94. The molecular weight excluding hydrogens is 859 g/mol. The summed E-state index contributed by atoms with van der Waals surface area (Å²) in [5, 5.41) is 0. The minimum Gasteiger partial charge on any atom is -0.456 e. The molecule has 3 atom stereocenters. The quantitative estimate of drug-likeness (QED) is 0.0933. The van der Waals surface area contributed by atoms with Crippen LogP contribution in [0.1, 0.15) is 6.92 Å². The Bertz CT molecular complexity index is 1340. The van der Waals surface area contributed by atoms with E-state index in [0.717, 1.165) is 9.47 Å². The lowest BCUT2D eigenvalue weighted by Gasteiger charge is -2.44. The van der Waals surface area contributed by atoms with E-state index in [1.54, 1.807) is 4.74 Å². The SMILES string of the molecule is C=C(C)C(=O)OCC(F)(OC(F)(F)C(F)(OC(F)(F)C(F)(OC(F)(F)C(F)(F)C(F)(F)C(F)(F)C(F)(F)C(F)(F)F)C(F)(F)F)C(F)(F)F)C(F)(F)F. The van der Waals surface area contributed by atoms with Gasteiger partial charge in [0.05, 0.1) is 0 Å². The van der Waals surface area contributed by atoms with Crippen molar-refractivity contribution < 1.29 is 151 Å². The first-order valence-electron chi connectivity index (χ1n) is 11.4. The number of carbonyl (C=O) groups is 1. The van der Waals surface area contributed by atoms with Gasteiger partial charge in [-0.2, -0.15) is 127 Å². The lowest BCUT2D eigenvalue weighted by Crippen LogP contribution is -2.73. The monoisotopic (exact) mass is 866 g/mol. The van der Waals surface area contributed by atoms with Crippen molar-refractivity contribution in [2.24, 2.45) is 0 Å². The molecule has 0 amide bonds. The second-order valence-corrected chi connectivity index (χ2v) is 9.42. The molecule has 0 aromatic rings. The summed E-state index contributed by atoms with van der Waals surface area (Å²) in [6.07, 6.45) is -60.0. The minimum absolute atomic E-state index is 0.438. The van der Waals surface area contributed by atoms with Gasteiger partial charge in [-0.1, -0.05) is 6.58 Å². The second kappa shape index (κ2) is 13.4. The first-order valence-corrected chi connectivity index (χ1v) is 11.4. The molecule has 0 saturated heterocycles. The van der Waals surface area contributed by atoms with E-state index in [4.69, 9.17) is 0 Å². The van der Waals surface area contributed by atoms with Gasteiger partial charge in [0, 0.05) is 5.57 Å². The molecule has 0 N–H and O–H groups in total. The van der Waals surface area contributed by atoms with E-state index >= 15 is 0 Å². The lowest BCUT2D eigenvalue weighted by molar-refractivity contribution is -0.580. The summed E-state index contributed by atoms with van der Waals surface area (Å²) in [5.74, 6) is -63.9. The van der Waals surface area contributed by atoms with Crippen LogP contribution < -0.4 is 0 Å². The highest BCUT2D eigenvalue weighted by molar-refractivity contribution is 5.86. The Labute approximate surface area is 268 Å². The fourth-order valence-electron chi connectivity index (χ4n) is 2.52. The summed E-state index contributed by atoms with van der Waals surface area (Å²) < 4.78 is 395. The molecule has 53 heavy (non-hydrogen) atoms. The second-order valence-electron chi connectivity index (χ2n) is 9.42. The van der Waals surface area contributed by atoms with Crippen molar-refractivity contribution in [1.29, 1.82) is 0 Å². The van der Waals surface area contributed by atoms with Crippen molar-refractivity contribution in [3.05, 3.63) is 12.2 Å². The minimum atomic E-state index is -9.40. The van der Waals surface area contributed by atoms with Crippen LogP contribution in [0.3, 0.4) is 0 Å². The number of carbonyl (C=O) groups excluding carboxylic acids is 1. The summed E-state index contributed by atoms with van der Waals surface area (Å²) in [5.41, 5.74) is -1.15. The smallest absolute Gasteiger partial charge is 0.456 e. The molecule has 0 rings (SSSR count). The van der Waals surface area contributed by atoms with Crippen LogP contribution in [-0.4, -0.2) is 96.9 Å². The third-order valence-corrected chi connectivity index (χ3v) is 5.37. The zero-order valence-electron chi connectivity index (χ0n) is 23.4. The van der Waals surface area contributed by atoms with E-state index in [1.165, 1.54) is 0 Å². The van der Waals surface area contributed by atoms with Crippen molar-refractivity contribution in [2.75, 3.05) is 6.61 Å². The van der Waals surface area contributed by atoms with Crippen molar-refractivity contribution >= 4 is 5.97 Å². The molecule has 0 aliphatic carbocycles. The van der Waals surface area contributed by atoms with Gasteiger partial charge in [0.15, 0.2) is 6.61 Å². The number of hydrogen-bond acceptors (Lipinski definition) is 5. The normalized spacial score (nSPS) is 18.9. The molecule has 0 saturated carbocycles. The topological polar surface area (TPSA) is 54.0 Å². The Morgan fingerprint density at radius 1 is 0.415 bits per heavy atom. The van der Waals surface area contributed by atoms with Crippen molar-refractivity contribution in [3.63, 3.8) is 0 Å². The Morgan fingerprint density at radius 3 is 1.00 bits per heavy atom. The number of halogens is 29. The Morgan fingerprint density at radius 2 is 0.717 bits per heavy atom. The van der Waals surface area contributed by atoms with Crippen molar-refractivity contribution in [1.82, 2.24) is 0 Å². The molecule has 316 valence electrons. The Balaban J connectivity index is 7.56. The van der Waals surface area contributed by atoms with Crippen molar-refractivity contribution in [2.45, 2.75) is 91.2 Å². The molecule has 0 heterocycles. The van der Waals surface area contributed by atoms with E-state index in [0.29, 0.717) is 6.92 Å². The molecule has 3 unspecified atom stereocenters. The van der Waals surface area contributed by atoms with E-state index in [-0.39, 0.29) is 0 Å². The molecular formula is C19H7F29O5. The van der Waals surface area contributed by atoms with Crippen LogP contribution in [0.5, 0.6) is 0 Å². The van der Waals surface area contributed by atoms with Gasteiger partial charge in [-0.05, 0) is 6.92 Å². The predicted octanol–water partition coefficient (Wildman–Crippen LogP) is 9.72. The van der Waals surface area contributed by atoms with Crippen LogP contribution in [0.2, 0.25) is 0 Å². The van der Waals surface area contributed by atoms with Gasteiger partial charge in [0.2, 0.25) is 0 Å². The fourth-order valence-corrected chi connectivity index (χ4v) is 2.52. The fraction of sp³-hybridized carbons (Fsp3) is 0.842. The first-order chi connectivity index (χ1) is 22.4. The third kappa shape index (κ3) is 8.21. The summed E-state index contributed by atoms with van der Waals surface area (Å²) in [7, 11) is 0. The summed E-state index contributed by atoms with van der Waals surface area (Å²) in [6.45, 7) is -0.608. The molecule has 0 aromatic carbocycles. The van der Waals surface area contributed by atoms with Crippen LogP contribution >= 0.6 is 0 Å². The van der Waals surface area contributed by atoms with Gasteiger partial charge in [-0.3, -0.25) is 14.2 Å². The number of hydrogen-bond donors (Lipinski definition) is 0. The Kier molecular flexibility index (Phi) is 12.6. The van der Waals surface area contributed by atoms with Crippen LogP contribution in [0.4, 0.5) is 127 Å². The van der Waals surface area contributed by atoms with Gasteiger partial charge in [0.25, 0.3) is 0 Å². The number of ether oxygens (including phenoxy) is 4. The summed E-state index contributed by atoms with van der Waals surface area (Å²) in [4.78, 5) is 11.1. The molecule has 0 radical (unpaired) electrons. The predicted molar refractivity (Wildman–Crippen MR) is 99.4 cm³/mol. The van der Waals surface area contributed by atoms with Gasteiger partial charge < -0.3 is 4.74 Å². The zero-order chi connectivity index (χ0) is 43.7. The van der Waals surface area contributed by atoms with Crippen LogP contribution in [0.15, 0.2) is 12.2 Å². The number of esters is 1. The zero-order valence-corrected chi connectivity index (χ0v) is 23.4. The highest BCUT2D eigenvalue weighted by Crippen LogP contribution is 2.63. The molecule has 34 heteroatoms. The lowest BCUT2D eigenvalue weighted by atomic mass is 9.97. The van der Waals surface area contributed by atoms with Gasteiger partial charge >= 0.3 is 90.3 Å². The molecule has 0 aliphatic rings. The van der Waals surface area contributed by atoms with E-state index in [9.17, 15) is 132 Å². The van der Waals surface area contributed by atoms with Crippen LogP contribution in [0, 0.1) is 0 Å². The van der Waals surface area contributed by atoms with Gasteiger partial charge in [0.1, 0.15) is 0 Å². The maximum Gasteiger partial charge on any atom is 0.460 e. The summed E-state index contributed by atoms with van der Waals surface area (Å²) in [6, 6.07) is 0. The average Bonchev–Trinajstić information content (AvgIpc) is 2.87. The first kappa shape index (κ1) is 50.1. The van der Waals surface area contributed by atoms with E-state index in [1.807, 2.05) is 0 Å². The maximum atomic E-state index is 14.5. The highest BCUT2D eigenvalue weighted by atomic mass is 19.4. The molecule has 0 aromatic heterocycles. The highest BCUT2D eigenvalue weighted by Gasteiger charge is 2.94. The standard InChI is InChI=1S/C19H7F29O5/c1-4(2)5(49)50-3-6(20,13(31,32)33)51-18(45,46)11(29,15(37,38)39)53-19(47,48)12(30,16(40,41)42)52-17(43,44)10(27,28)8(23,24)7(21,22)9(25,26)14(34,35)36/h1,3H2,2H3. The van der Waals surface area contributed by atoms with E-state index in [2.05, 4.69) is 11.3 Å². The molecule has 0 aliphatic heterocycles. The summed E-state index contributed by atoms with van der Waals surface area (Å²) >= 11 is 0. The molecule has 5 nitrogen and oxygen atoms in total. The van der Waals surface area contributed by atoms with Crippen LogP contribution in [0.25, 0.3) is 0 Å². The van der Waals surface area contributed by atoms with Crippen LogP contribution in [-0.2, 0) is 23.7 Å². The molecule has 0 fully saturated rings. The third-order valence-electron chi connectivity index (χ3n) is 5.37.